The highest BCUT2D eigenvalue weighted by Gasteiger charge is 2.37. The molecule has 1 aliphatic heterocycles. The lowest BCUT2D eigenvalue weighted by Crippen LogP contribution is -2.55. The first-order chi connectivity index (χ1) is 31.8. The number of aliphatic carboxylic acids is 1. The van der Waals surface area contributed by atoms with E-state index < -0.39 is 78.3 Å². The van der Waals surface area contributed by atoms with Crippen molar-refractivity contribution in [1.29, 1.82) is 0 Å². The van der Waals surface area contributed by atoms with Crippen LogP contribution in [0.15, 0.2) is 60.8 Å². The first-order valence-electron chi connectivity index (χ1n) is 21.6. The summed E-state index contributed by atoms with van der Waals surface area (Å²) in [4.78, 5) is 79.1. The van der Waals surface area contributed by atoms with Crippen molar-refractivity contribution in [3.63, 3.8) is 0 Å². The van der Waals surface area contributed by atoms with E-state index in [0.717, 1.165) is 4.90 Å². The van der Waals surface area contributed by atoms with Crippen molar-refractivity contribution in [2.75, 3.05) is 39.9 Å². The van der Waals surface area contributed by atoms with Crippen LogP contribution < -0.4 is 47.4 Å². The standard InChI is InChI=1S/C46H59N9O12/c1-23(2)67-31-9-7-27(8-10-31)41-50-20-34(24(3)51-41)43(60)53-35(12-13-47)45(62)55(5)39-28-16-33(40(58)38(17-28)66-22-30(57)19-49)32-14-26(6-11-37(32)65-21-29(56)18-48)15-36(46(63)64)54-42(59)25(4)52-44(39)61/h6-11,14,16-17,20,23,25,29-30,35-36,39,56-58H,12-13,15,18-19,21-22,47-49H2,1-5H3,(H,52,61)(H,53,60)(H,54,59)(H,63,64)/t25-,29+,30+,35-,36-,39-/m0/s1. The number of carboxylic acids is 1. The van der Waals surface area contributed by atoms with Crippen LogP contribution in [0.3, 0.4) is 0 Å². The summed E-state index contributed by atoms with van der Waals surface area (Å²) in [6, 6.07) is 8.41. The van der Waals surface area contributed by atoms with E-state index in [2.05, 4.69) is 25.9 Å². The van der Waals surface area contributed by atoms with Crippen LogP contribution in [0.25, 0.3) is 22.5 Å². The van der Waals surface area contributed by atoms with Gasteiger partial charge in [0.2, 0.25) is 17.7 Å². The first-order valence-corrected chi connectivity index (χ1v) is 21.6. The van der Waals surface area contributed by atoms with Crippen molar-refractivity contribution in [1.82, 2.24) is 30.8 Å². The zero-order valence-electron chi connectivity index (χ0n) is 37.9. The second-order valence-corrected chi connectivity index (χ2v) is 16.3. The summed E-state index contributed by atoms with van der Waals surface area (Å²) in [6.07, 6.45) is -1.34. The summed E-state index contributed by atoms with van der Waals surface area (Å²) in [6.45, 7) is 5.59. The molecule has 3 aromatic carbocycles. The number of aliphatic hydroxyl groups is 2. The molecule has 67 heavy (non-hydrogen) atoms. The first kappa shape index (κ1) is 51.1. The number of ether oxygens (including phenoxy) is 3. The van der Waals surface area contributed by atoms with Crippen molar-refractivity contribution in [2.24, 2.45) is 17.2 Å². The van der Waals surface area contributed by atoms with Crippen LogP contribution >= 0.6 is 0 Å². The number of phenols is 1. The molecule has 13 N–H and O–H groups in total. The second-order valence-electron chi connectivity index (χ2n) is 16.3. The predicted molar refractivity (Wildman–Crippen MR) is 244 cm³/mol. The summed E-state index contributed by atoms with van der Waals surface area (Å²) >= 11 is 0. The van der Waals surface area contributed by atoms with Crippen molar-refractivity contribution in [3.8, 4) is 45.5 Å². The number of benzene rings is 3. The van der Waals surface area contributed by atoms with Gasteiger partial charge < -0.3 is 72.7 Å². The zero-order valence-corrected chi connectivity index (χ0v) is 37.9. The second kappa shape index (κ2) is 23.0. The van der Waals surface area contributed by atoms with Crippen LogP contribution in [-0.4, -0.2) is 141 Å². The van der Waals surface area contributed by atoms with Gasteiger partial charge in [-0.05, 0) is 100 Å². The third-order valence-electron chi connectivity index (χ3n) is 10.7. The highest BCUT2D eigenvalue weighted by Crippen LogP contribution is 2.45. The molecule has 1 aliphatic rings. The van der Waals surface area contributed by atoms with Gasteiger partial charge in [0, 0.05) is 49.4 Å². The van der Waals surface area contributed by atoms with Crippen molar-refractivity contribution >= 4 is 29.6 Å². The number of aryl methyl sites for hydroxylation is 1. The Morgan fingerprint density at radius 2 is 1.57 bits per heavy atom. The zero-order chi connectivity index (χ0) is 49.1. The maximum Gasteiger partial charge on any atom is 0.326 e. The van der Waals surface area contributed by atoms with E-state index in [4.69, 9.17) is 31.4 Å². The topological polar surface area (TPSA) is 337 Å². The molecule has 4 aromatic rings. The third-order valence-corrected chi connectivity index (χ3v) is 10.7. The van der Waals surface area contributed by atoms with E-state index in [1.165, 1.54) is 50.5 Å². The Hall–Kier alpha value is -6.91. The molecule has 21 heteroatoms. The number of hydrogen-bond acceptors (Lipinski definition) is 16. The van der Waals surface area contributed by atoms with E-state index >= 15 is 0 Å². The molecule has 0 fully saturated rings. The van der Waals surface area contributed by atoms with Crippen molar-refractivity contribution < 1.29 is 58.6 Å². The summed E-state index contributed by atoms with van der Waals surface area (Å²) in [5.74, 6) is -4.42. The number of nitrogens with one attached hydrogen (secondary N) is 3. The molecular formula is C46H59N9O12. The monoisotopic (exact) mass is 929 g/mol. The Kier molecular flexibility index (Phi) is 17.5. The predicted octanol–water partition coefficient (Wildman–Crippen LogP) is 0.286. The summed E-state index contributed by atoms with van der Waals surface area (Å²) in [5.41, 5.74) is 18.7. The lowest BCUT2D eigenvalue weighted by Gasteiger charge is -2.33. The Labute approximate surface area is 387 Å². The third kappa shape index (κ3) is 12.9. The van der Waals surface area contributed by atoms with E-state index in [-0.39, 0.29) is 78.9 Å². The van der Waals surface area contributed by atoms with Gasteiger partial charge in [-0.1, -0.05) is 6.07 Å². The number of likely N-dealkylation sites (N-methyl/N-ethyl adjacent to an activating group) is 1. The number of aliphatic hydroxyl groups excluding tert-OH is 2. The fourth-order valence-corrected chi connectivity index (χ4v) is 7.11. The van der Waals surface area contributed by atoms with Gasteiger partial charge in [-0.15, -0.1) is 0 Å². The van der Waals surface area contributed by atoms with Gasteiger partial charge in [-0.3, -0.25) is 19.2 Å². The minimum atomic E-state index is -1.66. The van der Waals surface area contributed by atoms with Crippen LogP contribution in [0.2, 0.25) is 0 Å². The molecule has 2 heterocycles. The number of aromatic nitrogens is 2. The normalized spacial score (nSPS) is 17.5. The van der Waals surface area contributed by atoms with Gasteiger partial charge in [0.05, 0.1) is 17.4 Å². The van der Waals surface area contributed by atoms with Crippen molar-refractivity contribution in [3.05, 3.63) is 83.2 Å². The molecule has 0 radical (unpaired) electrons. The summed E-state index contributed by atoms with van der Waals surface area (Å²) < 4.78 is 17.5. The fourth-order valence-electron chi connectivity index (χ4n) is 7.11. The average Bonchev–Trinajstić information content (AvgIpc) is 3.29. The van der Waals surface area contributed by atoms with Crippen LogP contribution in [0, 0.1) is 6.92 Å². The van der Waals surface area contributed by atoms with Gasteiger partial charge >= 0.3 is 5.97 Å². The van der Waals surface area contributed by atoms with Crippen LogP contribution in [0.4, 0.5) is 0 Å². The molecule has 360 valence electrons. The van der Waals surface area contributed by atoms with Crippen LogP contribution in [0.5, 0.6) is 23.0 Å². The van der Waals surface area contributed by atoms with E-state index in [1.807, 2.05) is 13.8 Å². The molecule has 0 spiro atoms. The van der Waals surface area contributed by atoms with Crippen molar-refractivity contribution in [2.45, 2.75) is 83.0 Å². The molecular weight excluding hydrogens is 871 g/mol. The quantitative estimate of drug-likeness (QED) is 0.0641. The minimum absolute atomic E-state index is 0.00581. The molecule has 1 aromatic heterocycles. The number of rotatable bonds is 18. The van der Waals surface area contributed by atoms with E-state index in [9.17, 15) is 44.4 Å². The number of amides is 4. The van der Waals surface area contributed by atoms with Crippen LogP contribution in [-0.2, 0) is 25.6 Å². The largest absolute Gasteiger partial charge is 0.504 e. The Balaban J connectivity index is 1.60. The number of aromatic hydroxyl groups is 1. The van der Waals surface area contributed by atoms with E-state index in [0.29, 0.717) is 28.4 Å². The average molecular weight is 930 g/mol. The lowest BCUT2D eigenvalue weighted by molar-refractivity contribution is -0.143. The smallest absolute Gasteiger partial charge is 0.326 e. The van der Waals surface area contributed by atoms with Gasteiger partial charge in [-0.2, -0.15) is 0 Å². The number of fused-ring (bicyclic) bond motifs is 5. The van der Waals surface area contributed by atoms with Gasteiger partial charge in [-0.25, -0.2) is 14.8 Å². The molecule has 5 rings (SSSR count). The van der Waals surface area contributed by atoms with Gasteiger partial charge in [0.15, 0.2) is 17.3 Å². The van der Waals surface area contributed by atoms with Gasteiger partial charge in [0.1, 0.15) is 61.1 Å². The molecule has 6 atom stereocenters. The molecule has 0 saturated carbocycles. The van der Waals surface area contributed by atoms with Gasteiger partial charge in [0.25, 0.3) is 5.91 Å². The molecule has 21 nitrogen and oxygen atoms in total. The number of carbonyl (C=O) groups excluding carboxylic acids is 4. The van der Waals surface area contributed by atoms with E-state index in [1.54, 1.807) is 31.2 Å². The SMILES string of the molecule is Cc1nc(-c2ccc(OC(C)C)cc2)ncc1C(=O)N[C@@H](CCN)C(=O)N(C)[C@@H]1C(=O)N[C@@H](C)C(=O)N[C@H](C(=O)O)Cc2ccc(OC[C@H](O)CN)c(c2)-c2cc1cc(OC[C@H](O)CN)c2O. The molecule has 0 unspecified atom stereocenters. The number of carbonyl (C=O) groups is 5. The maximum absolute atomic E-state index is 14.7. The summed E-state index contributed by atoms with van der Waals surface area (Å²) in [7, 11) is 1.28. The Bertz CT molecular complexity index is 2420. The Morgan fingerprint density at radius 3 is 2.16 bits per heavy atom. The molecule has 0 aliphatic carbocycles. The van der Waals surface area contributed by atoms with Crippen LogP contribution in [0.1, 0.15) is 60.4 Å². The summed E-state index contributed by atoms with van der Waals surface area (Å²) in [5, 5.41) is 50.3. The number of nitrogens with zero attached hydrogens (tertiary/aromatic N) is 3. The number of phenolic OH excluding ortho intramolecular Hbond substituents is 1. The fraction of sp³-hybridized carbons (Fsp3) is 0.413. The number of hydrogen-bond donors (Lipinski definition) is 10. The highest BCUT2D eigenvalue weighted by molar-refractivity contribution is 6.00. The minimum Gasteiger partial charge on any atom is -0.504 e. The number of nitrogens with two attached hydrogens (primary N) is 3. The molecule has 4 bridgehead atoms. The highest BCUT2D eigenvalue weighted by atomic mass is 16.5. The molecule has 4 amide bonds. The molecule has 0 saturated heterocycles. The lowest BCUT2D eigenvalue weighted by atomic mass is 9.93. The number of carboxylic acid groups (broad SMARTS) is 1. The Morgan fingerprint density at radius 1 is 0.910 bits per heavy atom. The maximum atomic E-state index is 14.7.